The van der Waals surface area contributed by atoms with E-state index in [0.29, 0.717) is 10.6 Å². The molecule has 2 heterocycles. The Balaban J connectivity index is 1.85. The van der Waals surface area contributed by atoms with E-state index < -0.39 is 4.92 Å². The summed E-state index contributed by atoms with van der Waals surface area (Å²) in [4.78, 5) is 21.9. The summed E-state index contributed by atoms with van der Waals surface area (Å²) in [5, 5.41) is 14.1. The largest absolute Gasteiger partial charge is 0.433 e. The van der Waals surface area contributed by atoms with E-state index in [1.165, 1.54) is 41.8 Å². The highest BCUT2D eigenvalue weighted by Crippen LogP contribution is 2.21. The Bertz CT molecular complexity index is 720. The monoisotopic (exact) mass is 369 g/mol. The van der Waals surface area contributed by atoms with Crippen molar-refractivity contribution in [3.05, 3.63) is 54.9 Å². The summed E-state index contributed by atoms with van der Waals surface area (Å²) < 4.78 is 5.76. The molecule has 0 bridgehead atoms. The molecule has 0 aliphatic rings. The molecule has 9 heteroatoms. The van der Waals surface area contributed by atoms with Gasteiger partial charge in [-0.2, -0.15) is 5.10 Å². The van der Waals surface area contributed by atoms with Crippen molar-refractivity contribution in [3.8, 4) is 0 Å². The molecule has 21 heavy (non-hydrogen) atoms. The first-order chi connectivity index (χ1) is 10.1. The maximum Gasteiger partial charge on any atom is 0.433 e. The number of hydrogen-bond donors (Lipinski definition) is 1. The number of amides is 1. The third-order valence-electron chi connectivity index (χ3n) is 2.18. The van der Waals surface area contributed by atoms with Crippen LogP contribution in [0.15, 0.2) is 43.6 Å². The fourth-order valence-corrected chi connectivity index (χ4v) is 2.57. The summed E-state index contributed by atoms with van der Waals surface area (Å²) in [6.07, 6.45) is 4.33. The van der Waals surface area contributed by atoms with Gasteiger partial charge in [0.15, 0.2) is 0 Å². The molecule has 2 rings (SSSR count). The molecular formula is C12H8BrN3O4S. The normalized spacial score (nSPS) is 11.3. The molecule has 0 unspecified atom stereocenters. The van der Waals surface area contributed by atoms with Crippen molar-refractivity contribution in [2.24, 2.45) is 5.10 Å². The Morgan fingerprint density at radius 2 is 2.24 bits per heavy atom. The van der Waals surface area contributed by atoms with Crippen molar-refractivity contribution in [2.75, 3.05) is 0 Å². The molecule has 0 spiro atoms. The molecule has 7 nitrogen and oxygen atoms in total. The maximum atomic E-state index is 11.6. The van der Waals surface area contributed by atoms with Crippen molar-refractivity contribution >= 4 is 51.3 Å². The van der Waals surface area contributed by atoms with E-state index >= 15 is 0 Å². The van der Waals surface area contributed by atoms with Crippen LogP contribution in [0.4, 0.5) is 5.88 Å². The lowest BCUT2D eigenvalue weighted by atomic mass is 10.4. The number of thiophene rings is 1. The number of carbonyl (C=O) groups excluding carboxylic acids is 1. The van der Waals surface area contributed by atoms with E-state index in [9.17, 15) is 14.9 Å². The quantitative estimate of drug-likeness (QED) is 0.495. The van der Waals surface area contributed by atoms with E-state index in [1.54, 1.807) is 12.1 Å². The van der Waals surface area contributed by atoms with Crippen LogP contribution < -0.4 is 5.43 Å². The number of rotatable bonds is 5. The first kappa shape index (κ1) is 15.1. The number of nitrogens with zero attached hydrogens (tertiary/aromatic N) is 2. The predicted molar refractivity (Wildman–Crippen MR) is 82.4 cm³/mol. The van der Waals surface area contributed by atoms with Crippen LogP contribution in [-0.4, -0.2) is 17.0 Å². The summed E-state index contributed by atoms with van der Waals surface area (Å²) in [6, 6.07) is 6.17. The molecule has 108 valence electrons. The molecule has 1 amide bonds. The Morgan fingerprint density at radius 3 is 2.86 bits per heavy atom. The van der Waals surface area contributed by atoms with E-state index in [2.05, 4.69) is 26.5 Å². The third-order valence-corrected chi connectivity index (χ3v) is 3.80. The molecule has 0 atom stereocenters. The second-order valence-corrected chi connectivity index (χ2v) is 6.08. The Labute approximate surface area is 131 Å². The zero-order valence-corrected chi connectivity index (χ0v) is 12.8. The van der Waals surface area contributed by atoms with Crippen LogP contribution in [0.3, 0.4) is 0 Å². The number of furan rings is 1. The number of nitrogens with one attached hydrogen (secondary N) is 1. The van der Waals surface area contributed by atoms with Crippen LogP contribution >= 0.6 is 27.3 Å². The molecule has 0 fully saturated rings. The number of hydrogen-bond acceptors (Lipinski definition) is 6. The SMILES string of the molecule is O=C(NN=CC=Cc1ccc([N+](=O)[O-])o1)c1ccc(Br)s1. The summed E-state index contributed by atoms with van der Waals surface area (Å²) in [5.74, 6) is -0.325. The summed E-state index contributed by atoms with van der Waals surface area (Å²) >= 11 is 4.56. The molecule has 0 radical (unpaired) electrons. The predicted octanol–water partition coefficient (Wildman–Crippen LogP) is 3.44. The zero-order chi connectivity index (χ0) is 15.2. The highest BCUT2D eigenvalue weighted by atomic mass is 79.9. The molecule has 2 aromatic heterocycles. The maximum absolute atomic E-state index is 11.6. The summed E-state index contributed by atoms with van der Waals surface area (Å²) in [5.41, 5.74) is 2.35. The second-order valence-electron chi connectivity index (χ2n) is 3.62. The van der Waals surface area contributed by atoms with Gasteiger partial charge in [-0.05, 0) is 46.3 Å². The lowest BCUT2D eigenvalue weighted by Gasteiger charge is -1.93. The zero-order valence-electron chi connectivity index (χ0n) is 10.4. The van der Waals surface area contributed by atoms with Crippen LogP contribution in [0.25, 0.3) is 6.08 Å². The van der Waals surface area contributed by atoms with Crippen molar-refractivity contribution < 1.29 is 14.1 Å². The van der Waals surface area contributed by atoms with Crippen molar-refractivity contribution in [1.82, 2.24) is 5.43 Å². The first-order valence-electron chi connectivity index (χ1n) is 5.56. The number of allylic oxidation sites excluding steroid dienone is 1. The molecular weight excluding hydrogens is 362 g/mol. The number of hydrazone groups is 1. The Hall–Kier alpha value is -2.26. The molecule has 0 aliphatic carbocycles. The van der Waals surface area contributed by atoms with Gasteiger partial charge < -0.3 is 4.42 Å². The minimum absolute atomic E-state index is 0.316. The molecule has 2 aromatic rings. The van der Waals surface area contributed by atoms with Gasteiger partial charge in [-0.25, -0.2) is 5.43 Å². The number of halogens is 1. The topological polar surface area (TPSA) is 97.7 Å². The lowest BCUT2D eigenvalue weighted by Crippen LogP contribution is -2.15. The van der Waals surface area contributed by atoms with Gasteiger partial charge in [0.2, 0.25) is 0 Å². The molecule has 0 aliphatic heterocycles. The molecule has 1 N–H and O–H groups in total. The van der Waals surface area contributed by atoms with E-state index in [1.807, 2.05) is 0 Å². The van der Waals surface area contributed by atoms with E-state index in [4.69, 9.17) is 4.42 Å². The third kappa shape index (κ3) is 4.36. The average molecular weight is 370 g/mol. The minimum Gasteiger partial charge on any atom is -0.401 e. The highest BCUT2D eigenvalue weighted by molar-refractivity contribution is 9.11. The number of nitro groups is 1. The van der Waals surface area contributed by atoms with Gasteiger partial charge >= 0.3 is 5.88 Å². The van der Waals surface area contributed by atoms with Crippen LogP contribution in [-0.2, 0) is 0 Å². The van der Waals surface area contributed by atoms with Crippen LogP contribution in [0.1, 0.15) is 15.4 Å². The van der Waals surface area contributed by atoms with Gasteiger partial charge in [-0.1, -0.05) is 0 Å². The fourth-order valence-electron chi connectivity index (χ4n) is 1.30. The van der Waals surface area contributed by atoms with E-state index in [0.717, 1.165) is 3.79 Å². The fraction of sp³-hybridized carbons (Fsp3) is 0. The molecule has 0 saturated carbocycles. The average Bonchev–Trinajstić information content (AvgIpc) is 3.07. The van der Waals surface area contributed by atoms with Gasteiger partial charge in [0.25, 0.3) is 5.91 Å². The smallest absolute Gasteiger partial charge is 0.401 e. The van der Waals surface area contributed by atoms with Crippen molar-refractivity contribution in [1.29, 1.82) is 0 Å². The summed E-state index contributed by atoms with van der Waals surface area (Å²) in [7, 11) is 0. The Kier molecular flexibility index (Phi) is 5.01. The van der Waals surface area contributed by atoms with Crippen LogP contribution in [0.2, 0.25) is 0 Å². The first-order valence-corrected chi connectivity index (χ1v) is 7.17. The van der Waals surface area contributed by atoms with E-state index in [-0.39, 0.29) is 11.8 Å². The van der Waals surface area contributed by atoms with Crippen molar-refractivity contribution in [2.45, 2.75) is 0 Å². The van der Waals surface area contributed by atoms with Gasteiger partial charge in [0, 0.05) is 6.21 Å². The second kappa shape index (κ2) is 6.95. The lowest BCUT2D eigenvalue weighted by molar-refractivity contribution is -0.402. The van der Waals surface area contributed by atoms with Crippen LogP contribution in [0.5, 0.6) is 0 Å². The standard InChI is InChI=1S/C12H8BrN3O4S/c13-10-5-4-9(21-10)12(17)15-14-7-1-2-8-3-6-11(20-8)16(18)19/h1-7H,(H,15,17). The Morgan fingerprint density at radius 1 is 1.43 bits per heavy atom. The molecule has 0 aromatic carbocycles. The van der Waals surface area contributed by atoms with Gasteiger partial charge in [-0.3, -0.25) is 14.9 Å². The molecule has 0 saturated heterocycles. The van der Waals surface area contributed by atoms with Gasteiger partial charge in [0.05, 0.1) is 14.7 Å². The van der Waals surface area contributed by atoms with Crippen LogP contribution in [0, 0.1) is 10.1 Å². The van der Waals surface area contributed by atoms with Gasteiger partial charge in [-0.15, -0.1) is 11.3 Å². The number of carbonyl (C=O) groups is 1. The van der Waals surface area contributed by atoms with Crippen molar-refractivity contribution in [3.63, 3.8) is 0 Å². The highest BCUT2D eigenvalue weighted by Gasteiger charge is 2.09. The summed E-state index contributed by atoms with van der Waals surface area (Å²) in [6.45, 7) is 0. The van der Waals surface area contributed by atoms with Gasteiger partial charge in [0.1, 0.15) is 10.7 Å². The minimum atomic E-state index is -0.620.